The van der Waals surface area contributed by atoms with Crippen LogP contribution in [0, 0.1) is 10.1 Å². The topological polar surface area (TPSA) is 133 Å². The highest BCUT2D eigenvalue weighted by atomic mass is 35.5. The first-order valence-corrected chi connectivity index (χ1v) is 11.6. The molecule has 0 fully saturated rings. The van der Waals surface area contributed by atoms with E-state index in [1.165, 1.54) is 30.3 Å². The second kappa shape index (κ2) is 9.80. The summed E-state index contributed by atoms with van der Waals surface area (Å²) in [6, 6.07) is 17.1. The summed E-state index contributed by atoms with van der Waals surface area (Å²) in [4.78, 5) is 36.1. The van der Waals surface area contributed by atoms with Gasteiger partial charge in [0.25, 0.3) is 11.6 Å². The Morgan fingerprint density at radius 1 is 1.03 bits per heavy atom. The zero-order chi connectivity index (χ0) is 24.2. The average Bonchev–Trinajstić information content (AvgIpc) is 2.78. The van der Waals surface area contributed by atoms with Gasteiger partial charge in [-0.1, -0.05) is 48.0 Å². The van der Waals surface area contributed by atoms with Crippen LogP contribution in [0.1, 0.15) is 22.0 Å². The van der Waals surface area contributed by atoms with E-state index in [1.807, 2.05) is 0 Å². The quantitative estimate of drug-likeness (QED) is 0.299. The molecule has 0 saturated heterocycles. The van der Waals surface area contributed by atoms with Crippen molar-refractivity contribution in [2.75, 3.05) is 11.6 Å². The van der Waals surface area contributed by atoms with E-state index in [0.717, 1.165) is 18.4 Å². The lowest BCUT2D eigenvalue weighted by atomic mass is 10.1. The third-order valence-corrected chi connectivity index (χ3v) is 5.90. The van der Waals surface area contributed by atoms with Gasteiger partial charge in [-0.3, -0.25) is 14.9 Å². The number of carbonyl (C=O) groups is 2. The maximum absolute atomic E-state index is 13.0. The summed E-state index contributed by atoms with van der Waals surface area (Å²) in [5, 5.41) is 13.5. The van der Waals surface area contributed by atoms with Crippen molar-refractivity contribution in [3.63, 3.8) is 0 Å². The molecular formula is C22H17ClN2O7S. The van der Waals surface area contributed by atoms with E-state index in [0.29, 0.717) is 5.56 Å². The summed E-state index contributed by atoms with van der Waals surface area (Å²) in [6.07, 6.45) is -0.418. The first-order valence-electron chi connectivity index (χ1n) is 9.37. The molecule has 0 aliphatic carbocycles. The number of benzene rings is 3. The smallest absolute Gasteiger partial charge is 0.339 e. The Bertz CT molecular complexity index is 1330. The predicted molar refractivity (Wildman–Crippen MR) is 121 cm³/mol. The van der Waals surface area contributed by atoms with Crippen molar-refractivity contribution in [3.05, 3.63) is 99.1 Å². The van der Waals surface area contributed by atoms with E-state index < -0.39 is 38.4 Å². The molecule has 3 rings (SSSR count). The second-order valence-electron chi connectivity index (χ2n) is 6.91. The zero-order valence-electron chi connectivity index (χ0n) is 17.1. The van der Waals surface area contributed by atoms with E-state index in [-0.39, 0.29) is 21.2 Å². The normalized spacial score (nSPS) is 11.9. The molecule has 3 aromatic carbocycles. The molecule has 1 amide bonds. The SMILES string of the molecule is CS(=O)(=O)c1cccc(C(=O)OC(C(=O)Nc2ccc(Cl)c([N+](=O)[O-])c2)c2ccccc2)c1. The fourth-order valence-corrected chi connectivity index (χ4v) is 3.72. The molecule has 170 valence electrons. The number of nitrogens with zero attached hydrogens (tertiary/aromatic N) is 1. The molecular weight excluding hydrogens is 472 g/mol. The highest BCUT2D eigenvalue weighted by Gasteiger charge is 2.27. The van der Waals surface area contributed by atoms with Crippen LogP contribution in [0.2, 0.25) is 5.02 Å². The van der Waals surface area contributed by atoms with Gasteiger partial charge in [0.1, 0.15) is 5.02 Å². The second-order valence-corrected chi connectivity index (χ2v) is 9.33. The molecule has 1 unspecified atom stereocenters. The molecule has 9 nitrogen and oxygen atoms in total. The molecule has 11 heteroatoms. The number of carbonyl (C=O) groups excluding carboxylic acids is 2. The molecule has 0 bridgehead atoms. The molecule has 0 aliphatic rings. The highest BCUT2D eigenvalue weighted by Crippen LogP contribution is 2.29. The first-order chi connectivity index (χ1) is 15.6. The zero-order valence-corrected chi connectivity index (χ0v) is 18.7. The number of ether oxygens (including phenoxy) is 1. The van der Waals surface area contributed by atoms with E-state index in [9.17, 15) is 28.1 Å². The van der Waals surface area contributed by atoms with Crippen LogP contribution >= 0.6 is 11.6 Å². The van der Waals surface area contributed by atoms with Crippen LogP contribution in [0.4, 0.5) is 11.4 Å². The Morgan fingerprint density at radius 2 is 1.73 bits per heavy atom. The van der Waals surface area contributed by atoms with Gasteiger partial charge in [0, 0.05) is 23.6 Å². The summed E-state index contributed by atoms with van der Waals surface area (Å²) >= 11 is 5.80. The van der Waals surface area contributed by atoms with Gasteiger partial charge < -0.3 is 10.1 Å². The van der Waals surface area contributed by atoms with Crippen LogP contribution in [0.5, 0.6) is 0 Å². The molecule has 3 aromatic rings. The van der Waals surface area contributed by atoms with Gasteiger partial charge in [-0.2, -0.15) is 0 Å². The number of esters is 1. The molecule has 0 spiro atoms. The van der Waals surface area contributed by atoms with E-state index in [2.05, 4.69) is 5.32 Å². The Labute approximate surface area is 194 Å². The third kappa shape index (κ3) is 5.93. The number of halogens is 1. The van der Waals surface area contributed by atoms with Gasteiger partial charge in [-0.05, 0) is 30.3 Å². The molecule has 1 N–H and O–H groups in total. The maximum Gasteiger partial charge on any atom is 0.339 e. The van der Waals surface area contributed by atoms with Crippen molar-refractivity contribution in [2.45, 2.75) is 11.0 Å². The van der Waals surface area contributed by atoms with Crippen LogP contribution in [-0.4, -0.2) is 31.5 Å². The van der Waals surface area contributed by atoms with Crippen LogP contribution < -0.4 is 5.32 Å². The molecule has 0 saturated carbocycles. The molecule has 0 aromatic heterocycles. The van der Waals surface area contributed by atoms with Crippen molar-refractivity contribution >= 4 is 44.7 Å². The molecule has 1 atom stereocenters. The van der Waals surface area contributed by atoms with Crippen molar-refractivity contribution < 1.29 is 27.7 Å². The van der Waals surface area contributed by atoms with Gasteiger partial charge in [0.05, 0.1) is 15.4 Å². The minimum absolute atomic E-state index is 0.0613. The minimum Gasteiger partial charge on any atom is -0.444 e. The largest absolute Gasteiger partial charge is 0.444 e. The summed E-state index contributed by atoms with van der Waals surface area (Å²) < 4.78 is 29.0. The molecule has 33 heavy (non-hydrogen) atoms. The van der Waals surface area contributed by atoms with Gasteiger partial charge in [-0.25, -0.2) is 13.2 Å². The van der Waals surface area contributed by atoms with E-state index >= 15 is 0 Å². The maximum atomic E-state index is 13.0. The average molecular weight is 489 g/mol. The van der Waals surface area contributed by atoms with Gasteiger partial charge >= 0.3 is 5.97 Å². The van der Waals surface area contributed by atoms with E-state index in [4.69, 9.17) is 16.3 Å². The molecule has 0 aliphatic heterocycles. The van der Waals surface area contributed by atoms with Crippen molar-refractivity contribution in [1.82, 2.24) is 0 Å². The standard InChI is InChI=1S/C22H17ClN2O7S/c1-33(30,31)17-9-5-8-15(12-17)22(27)32-20(14-6-3-2-4-7-14)21(26)24-16-10-11-18(23)19(13-16)25(28)29/h2-13,20H,1H3,(H,24,26). The van der Waals surface area contributed by atoms with Crippen molar-refractivity contribution in [1.29, 1.82) is 0 Å². The van der Waals surface area contributed by atoms with E-state index in [1.54, 1.807) is 30.3 Å². The van der Waals surface area contributed by atoms with Crippen LogP contribution in [-0.2, 0) is 19.4 Å². The summed E-state index contributed by atoms with van der Waals surface area (Å²) in [5.41, 5.74) is -0.0488. The van der Waals surface area contributed by atoms with Crippen LogP contribution in [0.25, 0.3) is 0 Å². The lowest BCUT2D eigenvalue weighted by Gasteiger charge is -2.18. The Kier molecular flexibility index (Phi) is 7.10. The Morgan fingerprint density at radius 3 is 2.36 bits per heavy atom. The monoisotopic (exact) mass is 488 g/mol. The van der Waals surface area contributed by atoms with Gasteiger partial charge in [-0.15, -0.1) is 0 Å². The van der Waals surface area contributed by atoms with Crippen LogP contribution in [0.3, 0.4) is 0 Å². The minimum atomic E-state index is -3.56. The number of nitro groups is 1. The summed E-state index contributed by atoms with van der Waals surface area (Å²) in [7, 11) is -3.56. The number of amides is 1. The Hall–Kier alpha value is -3.76. The summed E-state index contributed by atoms with van der Waals surface area (Å²) in [5.74, 6) is -1.70. The summed E-state index contributed by atoms with van der Waals surface area (Å²) in [6.45, 7) is 0. The number of nitro benzene ring substituents is 1. The van der Waals surface area contributed by atoms with Crippen LogP contribution in [0.15, 0.2) is 77.7 Å². The fourth-order valence-electron chi connectivity index (χ4n) is 2.87. The van der Waals surface area contributed by atoms with Gasteiger partial charge in [0.15, 0.2) is 9.84 Å². The fraction of sp³-hybridized carbons (Fsp3) is 0.0909. The highest BCUT2D eigenvalue weighted by molar-refractivity contribution is 7.90. The van der Waals surface area contributed by atoms with Gasteiger partial charge in [0.2, 0.25) is 6.10 Å². The first kappa shape index (κ1) is 23.9. The number of hydrogen-bond donors (Lipinski definition) is 1. The number of rotatable bonds is 7. The lowest BCUT2D eigenvalue weighted by Crippen LogP contribution is -2.26. The number of anilines is 1. The predicted octanol–water partition coefficient (Wildman–Crippen LogP) is 4.19. The third-order valence-electron chi connectivity index (χ3n) is 4.47. The lowest BCUT2D eigenvalue weighted by molar-refractivity contribution is -0.384. The molecule has 0 heterocycles. The number of nitrogens with one attached hydrogen (secondary N) is 1. The van der Waals surface area contributed by atoms with Crippen molar-refractivity contribution in [3.8, 4) is 0 Å². The molecule has 0 radical (unpaired) electrons. The van der Waals surface area contributed by atoms with Crippen molar-refractivity contribution in [2.24, 2.45) is 0 Å². The Balaban J connectivity index is 1.90. The number of sulfone groups is 1. The number of hydrogen-bond acceptors (Lipinski definition) is 7.